The highest BCUT2D eigenvalue weighted by Crippen LogP contribution is 2.21. The van der Waals surface area contributed by atoms with Gasteiger partial charge >= 0.3 is 0 Å². The zero-order valence-corrected chi connectivity index (χ0v) is 16.0. The van der Waals surface area contributed by atoms with E-state index in [1.54, 1.807) is 26.2 Å². The lowest BCUT2D eigenvalue weighted by molar-refractivity contribution is -0.120. The van der Waals surface area contributed by atoms with E-state index in [0.29, 0.717) is 11.3 Å². The molecule has 6 heteroatoms. The van der Waals surface area contributed by atoms with Gasteiger partial charge in [0.15, 0.2) is 0 Å². The Morgan fingerprint density at radius 3 is 2.37 bits per heavy atom. The lowest BCUT2D eigenvalue weighted by Gasteiger charge is -2.38. The van der Waals surface area contributed by atoms with Crippen molar-refractivity contribution in [2.45, 2.75) is 19.9 Å². The van der Waals surface area contributed by atoms with Crippen LogP contribution in [0.25, 0.3) is 0 Å². The van der Waals surface area contributed by atoms with Gasteiger partial charge in [0.25, 0.3) is 0 Å². The molecule has 0 unspecified atom stereocenters. The van der Waals surface area contributed by atoms with Gasteiger partial charge in [-0.3, -0.25) is 9.69 Å². The Kier molecular flexibility index (Phi) is 5.96. The summed E-state index contributed by atoms with van der Waals surface area (Å²) < 4.78 is 18.9. The minimum Gasteiger partial charge on any atom is -0.497 e. The van der Waals surface area contributed by atoms with Crippen molar-refractivity contribution in [1.29, 1.82) is 0 Å². The summed E-state index contributed by atoms with van der Waals surface area (Å²) in [5.41, 5.74) is 2.21. The quantitative estimate of drug-likeness (QED) is 0.876. The van der Waals surface area contributed by atoms with Crippen LogP contribution in [0.5, 0.6) is 5.75 Å². The van der Waals surface area contributed by atoms with Crippen molar-refractivity contribution in [3.8, 4) is 5.75 Å². The summed E-state index contributed by atoms with van der Waals surface area (Å²) in [6.07, 6.45) is 0. The number of hydrogen-bond donors (Lipinski definition) is 1. The van der Waals surface area contributed by atoms with Gasteiger partial charge in [-0.05, 0) is 55.8 Å². The molecule has 1 N–H and O–H groups in total. The molecule has 0 spiro atoms. The van der Waals surface area contributed by atoms with Gasteiger partial charge in [0.2, 0.25) is 5.91 Å². The second kappa shape index (κ2) is 8.39. The molecule has 1 amide bonds. The monoisotopic (exact) mass is 371 g/mol. The molecule has 0 aliphatic carbocycles. The predicted molar refractivity (Wildman–Crippen MR) is 106 cm³/mol. The molecule has 2 aromatic rings. The smallest absolute Gasteiger partial charge is 0.241 e. The number of ether oxygens (including phenoxy) is 1. The first kappa shape index (κ1) is 19.2. The van der Waals surface area contributed by atoms with Crippen molar-refractivity contribution in [2.24, 2.45) is 0 Å². The average Bonchev–Trinajstić information content (AvgIpc) is 2.70. The Morgan fingerprint density at radius 1 is 1.11 bits per heavy atom. The van der Waals surface area contributed by atoms with E-state index < -0.39 is 0 Å². The molecule has 0 bridgehead atoms. The minimum absolute atomic E-state index is 0.115. The summed E-state index contributed by atoms with van der Waals surface area (Å²) in [7, 11) is 1.66. The van der Waals surface area contributed by atoms with E-state index in [4.69, 9.17) is 4.74 Å². The van der Waals surface area contributed by atoms with E-state index in [9.17, 15) is 9.18 Å². The summed E-state index contributed by atoms with van der Waals surface area (Å²) in [6.45, 7) is 6.88. The summed E-state index contributed by atoms with van der Waals surface area (Å²) in [4.78, 5) is 17.0. The third-order valence-electron chi connectivity index (χ3n) is 5.12. The average molecular weight is 371 g/mol. The molecule has 1 heterocycles. The Morgan fingerprint density at radius 2 is 1.78 bits per heavy atom. The Bertz CT molecular complexity index is 787. The highest BCUT2D eigenvalue weighted by molar-refractivity contribution is 5.94. The molecule has 3 rings (SSSR count). The molecule has 1 aliphatic heterocycles. The third-order valence-corrected chi connectivity index (χ3v) is 5.12. The maximum absolute atomic E-state index is 13.7. The summed E-state index contributed by atoms with van der Waals surface area (Å²) in [5.74, 6) is 0.417. The number of amides is 1. The van der Waals surface area contributed by atoms with Crippen LogP contribution in [0, 0.1) is 12.7 Å². The highest BCUT2D eigenvalue weighted by atomic mass is 19.1. The molecule has 0 saturated carbocycles. The molecule has 1 saturated heterocycles. The van der Waals surface area contributed by atoms with Crippen molar-refractivity contribution in [2.75, 3.05) is 43.5 Å². The SMILES string of the molecule is COc1ccc(N2CCN([C@@H](C)C(=O)Nc3ccc(C)c(F)c3)CC2)cc1. The van der Waals surface area contributed by atoms with E-state index in [1.807, 2.05) is 19.1 Å². The van der Waals surface area contributed by atoms with Crippen LogP contribution in [0.15, 0.2) is 42.5 Å². The van der Waals surface area contributed by atoms with Crippen LogP contribution >= 0.6 is 0 Å². The molecular weight excluding hydrogens is 345 g/mol. The summed E-state index contributed by atoms with van der Waals surface area (Å²) in [5, 5.41) is 2.81. The van der Waals surface area contributed by atoms with E-state index in [-0.39, 0.29) is 17.8 Å². The van der Waals surface area contributed by atoms with Gasteiger partial charge in [0.05, 0.1) is 13.2 Å². The molecule has 1 aliphatic rings. The van der Waals surface area contributed by atoms with Crippen LogP contribution in [0.2, 0.25) is 0 Å². The number of piperazine rings is 1. The topological polar surface area (TPSA) is 44.8 Å². The van der Waals surface area contributed by atoms with Gasteiger partial charge in [0.1, 0.15) is 11.6 Å². The number of benzene rings is 2. The van der Waals surface area contributed by atoms with E-state index in [1.165, 1.54) is 6.07 Å². The fourth-order valence-corrected chi connectivity index (χ4v) is 3.24. The van der Waals surface area contributed by atoms with Crippen LogP contribution < -0.4 is 15.0 Å². The van der Waals surface area contributed by atoms with Crippen molar-refractivity contribution in [3.63, 3.8) is 0 Å². The van der Waals surface area contributed by atoms with Crippen molar-refractivity contribution in [3.05, 3.63) is 53.8 Å². The molecule has 0 radical (unpaired) electrons. The van der Waals surface area contributed by atoms with Gasteiger partial charge in [-0.15, -0.1) is 0 Å². The number of methoxy groups -OCH3 is 1. The van der Waals surface area contributed by atoms with Gasteiger partial charge in [-0.1, -0.05) is 6.07 Å². The van der Waals surface area contributed by atoms with Crippen molar-refractivity contribution in [1.82, 2.24) is 4.90 Å². The zero-order chi connectivity index (χ0) is 19.4. The first-order chi connectivity index (χ1) is 13.0. The van der Waals surface area contributed by atoms with Crippen molar-refractivity contribution < 1.29 is 13.9 Å². The number of anilines is 2. The number of rotatable bonds is 5. The van der Waals surface area contributed by atoms with Crippen molar-refractivity contribution >= 4 is 17.3 Å². The van der Waals surface area contributed by atoms with E-state index >= 15 is 0 Å². The highest BCUT2D eigenvalue weighted by Gasteiger charge is 2.25. The second-order valence-corrected chi connectivity index (χ2v) is 6.85. The standard InChI is InChI=1S/C21H26FN3O2/c1-15-4-5-17(14-20(15)22)23-21(26)16(2)24-10-12-25(13-11-24)18-6-8-19(27-3)9-7-18/h4-9,14,16H,10-13H2,1-3H3,(H,23,26)/t16-/m0/s1. The maximum Gasteiger partial charge on any atom is 0.241 e. The number of nitrogens with zero attached hydrogens (tertiary/aromatic N) is 2. The number of carbonyl (C=O) groups is 1. The second-order valence-electron chi connectivity index (χ2n) is 6.85. The summed E-state index contributed by atoms with van der Waals surface area (Å²) in [6, 6.07) is 12.5. The Balaban J connectivity index is 1.54. The zero-order valence-electron chi connectivity index (χ0n) is 16.0. The van der Waals surface area contributed by atoms with Crippen LogP contribution in [-0.4, -0.2) is 50.1 Å². The third kappa shape index (κ3) is 4.57. The Hall–Kier alpha value is -2.60. The molecule has 5 nitrogen and oxygen atoms in total. The molecule has 2 aromatic carbocycles. The maximum atomic E-state index is 13.7. The minimum atomic E-state index is -0.312. The lowest BCUT2D eigenvalue weighted by Crippen LogP contribution is -2.52. The number of aryl methyl sites for hydroxylation is 1. The van der Waals surface area contributed by atoms with Crippen LogP contribution in [-0.2, 0) is 4.79 Å². The largest absolute Gasteiger partial charge is 0.497 e. The number of halogens is 1. The van der Waals surface area contributed by atoms with Crippen LogP contribution in [0.1, 0.15) is 12.5 Å². The van der Waals surface area contributed by atoms with Gasteiger partial charge in [-0.2, -0.15) is 0 Å². The number of carbonyl (C=O) groups excluding carboxylic acids is 1. The van der Waals surface area contributed by atoms with E-state index in [0.717, 1.165) is 37.6 Å². The fraction of sp³-hybridized carbons (Fsp3) is 0.381. The molecule has 0 aromatic heterocycles. The molecular formula is C21H26FN3O2. The van der Waals surface area contributed by atoms with Gasteiger partial charge in [0, 0.05) is 37.6 Å². The molecule has 144 valence electrons. The van der Waals surface area contributed by atoms with Crippen LogP contribution in [0.3, 0.4) is 0 Å². The Labute approximate surface area is 159 Å². The first-order valence-electron chi connectivity index (χ1n) is 9.18. The number of hydrogen-bond acceptors (Lipinski definition) is 4. The van der Waals surface area contributed by atoms with Gasteiger partial charge in [-0.25, -0.2) is 4.39 Å². The predicted octanol–water partition coefficient (Wildman–Crippen LogP) is 3.29. The molecule has 1 atom stereocenters. The fourth-order valence-electron chi connectivity index (χ4n) is 3.24. The van der Waals surface area contributed by atoms with Crippen LogP contribution in [0.4, 0.5) is 15.8 Å². The van der Waals surface area contributed by atoms with Gasteiger partial charge < -0.3 is 15.0 Å². The van der Waals surface area contributed by atoms with E-state index in [2.05, 4.69) is 27.2 Å². The summed E-state index contributed by atoms with van der Waals surface area (Å²) >= 11 is 0. The first-order valence-corrected chi connectivity index (χ1v) is 9.18. The normalized spacial score (nSPS) is 16.1. The molecule has 1 fully saturated rings. The number of nitrogens with one attached hydrogen (secondary N) is 1. The molecule has 27 heavy (non-hydrogen) atoms. The lowest BCUT2D eigenvalue weighted by atomic mass is 10.1.